The molecule has 0 atom stereocenters. The average molecular weight is 800 g/mol. The van der Waals surface area contributed by atoms with Gasteiger partial charge in [0.25, 0.3) is 11.8 Å². The number of nitrogens with zero attached hydrogens (tertiary/aromatic N) is 4. The molecule has 7 rings (SSSR count). The second-order valence-electron chi connectivity index (χ2n) is 13.8. The maximum absolute atomic E-state index is 14.5. The van der Waals surface area contributed by atoms with E-state index in [0.717, 1.165) is 75.5 Å². The Labute approximate surface area is 341 Å². The topological polar surface area (TPSA) is 97.3 Å². The summed E-state index contributed by atoms with van der Waals surface area (Å²) in [7, 11) is 2.68. The Morgan fingerprint density at radius 2 is 1.23 bits per heavy atom. The lowest BCUT2D eigenvalue weighted by molar-refractivity contribution is 0.0534. The third kappa shape index (κ3) is 8.17. The Bertz CT molecular complexity index is 2480. The van der Waals surface area contributed by atoms with Gasteiger partial charge in [-0.25, -0.2) is 9.37 Å². The number of fused-ring (bicyclic) bond motifs is 2. The standard InChI is InChI=1S/C46H46N4O5S2/c1-5-47(6-2)31-21-23-35-39(29-31)55-40-30-32(48(7-3)8-4)22-24-36(40)43(35)33-15-9-10-16-34(33)44(51)49-25-27-50(28-26-49)45(52)37-17-11-13-19-41(37)56-57-42-20-14-12-18-38(42)46(53)54/h9-24,29-30H,5-8,25-28H2,1-4H3/p+1. The fourth-order valence-corrected chi connectivity index (χ4v) is 9.94. The number of amides is 2. The van der Waals surface area contributed by atoms with Crippen molar-refractivity contribution in [1.82, 2.24) is 14.4 Å². The first kappa shape index (κ1) is 39.7. The molecule has 9 nitrogen and oxygen atoms in total. The maximum Gasteiger partial charge on any atom is 0.336 e. The Kier molecular flexibility index (Phi) is 12.4. The molecule has 1 aliphatic carbocycles. The molecule has 3 aliphatic rings. The van der Waals surface area contributed by atoms with Crippen molar-refractivity contribution in [3.63, 3.8) is 0 Å². The number of carbonyl (C=O) groups excluding carboxylic acids is 2. The third-order valence-corrected chi connectivity index (χ3v) is 13.2. The normalized spacial score (nSPS) is 12.9. The van der Waals surface area contributed by atoms with Crippen LogP contribution in [0.15, 0.2) is 123 Å². The number of aromatic carboxylic acids is 1. The van der Waals surface area contributed by atoms with E-state index in [4.69, 9.17) is 4.42 Å². The van der Waals surface area contributed by atoms with Crippen LogP contribution in [0.5, 0.6) is 0 Å². The van der Waals surface area contributed by atoms with E-state index in [1.54, 1.807) is 35.2 Å². The summed E-state index contributed by atoms with van der Waals surface area (Å²) in [6.07, 6.45) is 0. The second-order valence-corrected chi connectivity index (χ2v) is 16.0. The highest BCUT2D eigenvalue weighted by Gasteiger charge is 2.29. The fourth-order valence-electron chi connectivity index (χ4n) is 7.59. The zero-order valence-corrected chi connectivity index (χ0v) is 34.4. The molecule has 0 saturated carbocycles. The van der Waals surface area contributed by atoms with E-state index in [0.29, 0.717) is 42.2 Å². The number of hydrogen-bond donors (Lipinski definition) is 1. The molecule has 2 aliphatic heterocycles. The van der Waals surface area contributed by atoms with Gasteiger partial charge >= 0.3 is 5.97 Å². The highest BCUT2D eigenvalue weighted by Crippen LogP contribution is 2.43. The summed E-state index contributed by atoms with van der Waals surface area (Å²) in [4.78, 5) is 47.5. The summed E-state index contributed by atoms with van der Waals surface area (Å²) in [5, 5.41) is 11.7. The van der Waals surface area contributed by atoms with E-state index in [-0.39, 0.29) is 17.4 Å². The van der Waals surface area contributed by atoms with Crippen molar-refractivity contribution in [3.05, 3.63) is 131 Å². The molecule has 0 spiro atoms. The van der Waals surface area contributed by atoms with Gasteiger partial charge in [0.2, 0.25) is 5.36 Å². The summed E-state index contributed by atoms with van der Waals surface area (Å²) in [6, 6.07) is 34.8. The van der Waals surface area contributed by atoms with Crippen molar-refractivity contribution in [3.8, 4) is 22.5 Å². The number of carboxylic acids is 1. The van der Waals surface area contributed by atoms with Gasteiger partial charge in [0.05, 0.1) is 17.2 Å². The molecule has 4 aromatic rings. The maximum atomic E-state index is 14.5. The molecule has 2 amide bonds. The molecule has 0 bridgehead atoms. The van der Waals surface area contributed by atoms with E-state index in [2.05, 4.69) is 73.6 Å². The van der Waals surface area contributed by atoms with Crippen LogP contribution in [0.1, 0.15) is 58.8 Å². The second kappa shape index (κ2) is 17.7. The molecule has 1 fully saturated rings. The zero-order chi connectivity index (χ0) is 40.1. The van der Waals surface area contributed by atoms with Crippen molar-refractivity contribution in [1.29, 1.82) is 0 Å². The van der Waals surface area contributed by atoms with Crippen LogP contribution < -0.4 is 14.8 Å². The molecule has 1 N–H and O–H groups in total. The molecule has 0 unspecified atom stereocenters. The average Bonchev–Trinajstić information content (AvgIpc) is 3.25. The van der Waals surface area contributed by atoms with Crippen LogP contribution in [0.2, 0.25) is 0 Å². The quantitative estimate of drug-likeness (QED) is 0.0745. The molecule has 0 aromatic heterocycles. The van der Waals surface area contributed by atoms with Crippen LogP contribution in [0, 0.1) is 0 Å². The molecular formula is C46H47N4O5S2+. The van der Waals surface area contributed by atoms with Gasteiger partial charge in [-0.1, -0.05) is 64.1 Å². The number of carboxylic acid groups (broad SMARTS) is 1. The summed E-state index contributed by atoms with van der Waals surface area (Å²) in [5.41, 5.74) is 5.95. The van der Waals surface area contributed by atoms with Crippen LogP contribution in [-0.2, 0) is 0 Å². The number of carbonyl (C=O) groups is 3. The Balaban J connectivity index is 1.17. The van der Waals surface area contributed by atoms with Gasteiger partial charge in [0, 0.05) is 89.0 Å². The lowest BCUT2D eigenvalue weighted by Crippen LogP contribution is -2.50. The van der Waals surface area contributed by atoms with E-state index >= 15 is 0 Å². The SMILES string of the molecule is CCN(CC)c1ccc2c(-c3ccccc3C(=O)N3CCN(C(=O)c4ccccc4SSc4ccccc4C(=O)O)CC3)c3ccc(=[N+](CC)CC)cc-3oc2c1. The first-order valence-corrected chi connectivity index (χ1v) is 21.7. The van der Waals surface area contributed by atoms with Crippen molar-refractivity contribution >= 4 is 56.0 Å². The van der Waals surface area contributed by atoms with Crippen LogP contribution in [-0.4, -0.2) is 85.0 Å². The number of piperazine rings is 1. The minimum Gasteiger partial charge on any atom is -0.478 e. The van der Waals surface area contributed by atoms with Gasteiger partial charge in [-0.2, -0.15) is 0 Å². The van der Waals surface area contributed by atoms with Crippen molar-refractivity contribution in [2.75, 3.05) is 57.3 Å². The van der Waals surface area contributed by atoms with Crippen molar-refractivity contribution < 1.29 is 23.9 Å². The van der Waals surface area contributed by atoms with Crippen molar-refractivity contribution in [2.24, 2.45) is 0 Å². The minimum atomic E-state index is -0.993. The summed E-state index contributed by atoms with van der Waals surface area (Å²) in [6.45, 7) is 13.6. The van der Waals surface area contributed by atoms with Crippen LogP contribution in [0.25, 0.3) is 33.4 Å². The first-order chi connectivity index (χ1) is 27.8. The summed E-state index contributed by atoms with van der Waals surface area (Å²) in [5.74, 6) is -0.426. The zero-order valence-electron chi connectivity index (χ0n) is 32.7. The largest absolute Gasteiger partial charge is 0.478 e. The highest BCUT2D eigenvalue weighted by atomic mass is 33.1. The van der Waals surface area contributed by atoms with E-state index in [9.17, 15) is 19.5 Å². The molecule has 4 aromatic carbocycles. The molecule has 57 heavy (non-hydrogen) atoms. The molecule has 2 heterocycles. The number of rotatable bonds is 12. The number of benzene rings is 5. The summed E-state index contributed by atoms with van der Waals surface area (Å²) >= 11 is 0. The van der Waals surface area contributed by atoms with Crippen LogP contribution in [0.4, 0.5) is 5.69 Å². The molecule has 11 heteroatoms. The predicted molar refractivity (Wildman–Crippen MR) is 232 cm³/mol. The van der Waals surface area contributed by atoms with Crippen LogP contribution >= 0.6 is 21.6 Å². The number of anilines is 1. The smallest absolute Gasteiger partial charge is 0.336 e. The predicted octanol–water partition coefficient (Wildman–Crippen LogP) is 8.96. The third-order valence-electron chi connectivity index (χ3n) is 10.7. The fraction of sp³-hybridized carbons (Fsp3) is 0.261. The number of hydrogen-bond acceptors (Lipinski definition) is 7. The van der Waals surface area contributed by atoms with Crippen molar-refractivity contribution in [2.45, 2.75) is 37.5 Å². The minimum absolute atomic E-state index is 0.0798. The Morgan fingerprint density at radius 1 is 0.667 bits per heavy atom. The van der Waals surface area contributed by atoms with Crippen LogP contribution in [0.3, 0.4) is 0 Å². The summed E-state index contributed by atoms with van der Waals surface area (Å²) < 4.78 is 9.00. The van der Waals surface area contributed by atoms with E-state index < -0.39 is 5.97 Å². The van der Waals surface area contributed by atoms with Gasteiger partial charge in [-0.3, -0.25) is 9.59 Å². The molecule has 1 saturated heterocycles. The lowest BCUT2D eigenvalue weighted by Gasteiger charge is -2.35. The molecule has 0 radical (unpaired) electrons. The molecule has 292 valence electrons. The first-order valence-electron chi connectivity index (χ1n) is 19.5. The van der Waals surface area contributed by atoms with Gasteiger partial charge in [-0.15, -0.1) is 0 Å². The van der Waals surface area contributed by atoms with Gasteiger partial charge in [0.1, 0.15) is 24.4 Å². The van der Waals surface area contributed by atoms with Gasteiger partial charge < -0.3 is 24.2 Å². The lowest BCUT2D eigenvalue weighted by atomic mass is 9.90. The Morgan fingerprint density at radius 3 is 1.84 bits per heavy atom. The van der Waals surface area contributed by atoms with Gasteiger partial charge in [-0.05, 0) is 81.8 Å². The van der Waals surface area contributed by atoms with Gasteiger partial charge in [0.15, 0.2) is 0 Å². The monoisotopic (exact) mass is 799 g/mol. The highest BCUT2D eigenvalue weighted by molar-refractivity contribution is 8.76. The Hall–Kier alpha value is -5.52. The van der Waals surface area contributed by atoms with E-state index in [1.807, 2.05) is 47.4 Å². The van der Waals surface area contributed by atoms with E-state index in [1.165, 1.54) is 21.6 Å². The molecular weight excluding hydrogens is 753 g/mol.